The van der Waals surface area contributed by atoms with Crippen molar-refractivity contribution in [3.05, 3.63) is 30.1 Å². The van der Waals surface area contributed by atoms with Crippen molar-refractivity contribution in [2.45, 2.75) is 6.42 Å². The van der Waals surface area contributed by atoms with Gasteiger partial charge in [-0.1, -0.05) is 0 Å². The molecule has 1 aromatic heterocycles. The number of nitrogens with zero attached hydrogens (tertiary/aromatic N) is 1. The average Bonchev–Trinajstić information content (AvgIpc) is 2.42. The predicted molar refractivity (Wildman–Crippen MR) is 78.4 cm³/mol. The van der Waals surface area contributed by atoms with Crippen molar-refractivity contribution in [1.82, 2.24) is 21.2 Å². The van der Waals surface area contributed by atoms with E-state index in [1.807, 2.05) is 0 Å². The summed E-state index contributed by atoms with van der Waals surface area (Å²) in [5, 5.41) is 3.41. The van der Waals surface area contributed by atoms with Gasteiger partial charge in [0.1, 0.15) is 0 Å². The average molecular weight is 284 g/mol. The summed E-state index contributed by atoms with van der Waals surface area (Å²) in [5.74, 6) is 0.814. The second-order valence-corrected chi connectivity index (χ2v) is 4.82. The highest BCUT2D eigenvalue weighted by Crippen LogP contribution is 1.94. The minimum absolute atomic E-state index is 0.267. The SMILES string of the molecule is CSCCCNC(=S)NNC(=O)c1cccnc1. The molecule has 0 aliphatic heterocycles. The van der Waals surface area contributed by atoms with Crippen LogP contribution in [0, 0.1) is 0 Å². The molecule has 3 N–H and O–H groups in total. The summed E-state index contributed by atoms with van der Waals surface area (Å²) in [6.45, 7) is 0.787. The van der Waals surface area contributed by atoms with Gasteiger partial charge in [-0.3, -0.25) is 20.6 Å². The Morgan fingerprint density at radius 3 is 3.00 bits per heavy atom. The third kappa shape index (κ3) is 5.83. The molecular formula is C11H16N4OS2. The number of thiocarbonyl (C=S) groups is 1. The lowest BCUT2D eigenvalue weighted by molar-refractivity contribution is 0.0943. The van der Waals surface area contributed by atoms with E-state index < -0.39 is 0 Å². The monoisotopic (exact) mass is 284 g/mol. The Labute approximate surface area is 116 Å². The van der Waals surface area contributed by atoms with Gasteiger partial charge in [0.05, 0.1) is 5.56 Å². The highest BCUT2D eigenvalue weighted by molar-refractivity contribution is 7.98. The van der Waals surface area contributed by atoms with E-state index in [1.165, 1.54) is 6.20 Å². The van der Waals surface area contributed by atoms with Crippen LogP contribution in [0.1, 0.15) is 16.8 Å². The summed E-state index contributed by atoms with van der Waals surface area (Å²) in [4.78, 5) is 15.5. The molecule has 98 valence electrons. The number of aromatic nitrogens is 1. The highest BCUT2D eigenvalue weighted by atomic mass is 32.2. The van der Waals surface area contributed by atoms with E-state index in [9.17, 15) is 4.79 Å². The molecule has 0 aliphatic rings. The van der Waals surface area contributed by atoms with E-state index in [1.54, 1.807) is 30.1 Å². The quantitative estimate of drug-likeness (QED) is 0.425. The van der Waals surface area contributed by atoms with Gasteiger partial charge in [0, 0.05) is 18.9 Å². The lowest BCUT2D eigenvalue weighted by Crippen LogP contribution is -2.47. The maximum absolute atomic E-state index is 11.6. The van der Waals surface area contributed by atoms with Crippen LogP contribution in [0.15, 0.2) is 24.5 Å². The third-order valence-electron chi connectivity index (χ3n) is 2.02. The number of pyridine rings is 1. The minimum Gasteiger partial charge on any atom is -0.361 e. The Morgan fingerprint density at radius 2 is 2.33 bits per heavy atom. The van der Waals surface area contributed by atoms with Crippen LogP contribution in [0.2, 0.25) is 0 Å². The first-order valence-electron chi connectivity index (χ1n) is 5.47. The first-order valence-corrected chi connectivity index (χ1v) is 7.27. The van der Waals surface area contributed by atoms with Crippen molar-refractivity contribution in [3.63, 3.8) is 0 Å². The van der Waals surface area contributed by atoms with Crippen LogP contribution in [-0.2, 0) is 0 Å². The largest absolute Gasteiger partial charge is 0.361 e. The van der Waals surface area contributed by atoms with Gasteiger partial charge in [-0.05, 0) is 42.8 Å². The number of carbonyl (C=O) groups is 1. The van der Waals surface area contributed by atoms with E-state index in [4.69, 9.17) is 12.2 Å². The zero-order valence-corrected chi connectivity index (χ0v) is 11.7. The molecule has 0 radical (unpaired) electrons. The molecule has 18 heavy (non-hydrogen) atoms. The molecule has 5 nitrogen and oxygen atoms in total. The second kappa shape index (κ2) is 8.71. The summed E-state index contributed by atoms with van der Waals surface area (Å²) < 4.78 is 0. The molecule has 0 bridgehead atoms. The number of amides is 1. The van der Waals surface area contributed by atoms with Gasteiger partial charge in [-0.2, -0.15) is 11.8 Å². The highest BCUT2D eigenvalue weighted by Gasteiger charge is 2.04. The Hall–Kier alpha value is -1.34. The van der Waals surface area contributed by atoms with E-state index in [0.717, 1.165) is 18.7 Å². The molecule has 0 spiro atoms. The number of hydrogen-bond acceptors (Lipinski definition) is 4. The fourth-order valence-electron chi connectivity index (χ4n) is 1.15. The zero-order valence-electron chi connectivity index (χ0n) is 10.1. The normalized spacial score (nSPS) is 9.61. The van der Waals surface area contributed by atoms with Crippen LogP contribution in [-0.4, -0.2) is 34.6 Å². The second-order valence-electron chi connectivity index (χ2n) is 3.42. The van der Waals surface area contributed by atoms with Crippen molar-refractivity contribution in [2.24, 2.45) is 0 Å². The van der Waals surface area contributed by atoms with Crippen LogP contribution in [0.25, 0.3) is 0 Å². The molecule has 0 fully saturated rings. The van der Waals surface area contributed by atoms with Crippen molar-refractivity contribution in [1.29, 1.82) is 0 Å². The molecule has 0 saturated carbocycles. The molecule has 0 unspecified atom stereocenters. The lowest BCUT2D eigenvalue weighted by Gasteiger charge is -2.11. The van der Waals surface area contributed by atoms with Gasteiger partial charge in [0.15, 0.2) is 5.11 Å². The summed E-state index contributed by atoms with van der Waals surface area (Å²) in [5.41, 5.74) is 5.63. The molecule has 0 aliphatic carbocycles. The van der Waals surface area contributed by atoms with Gasteiger partial charge in [0.2, 0.25) is 0 Å². The molecule has 1 rings (SSSR count). The van der Waals surface area contributed by atoms with Crippen LogP contribution >= 0.6 is 24.0 Å². The lowest BCUT2D eigenvalue weighted by atomic mass is 10.3. The van der Waals surface area contributed by atoms with Crippen LogP contribution in [0.4, 0.5) is 0 Å². The molecule has 0 atom stereocenters. The van der Waals surface area contributed by atoms with Gasteiger partial charge in [-0.25, -0.2) is 0 Å². The Balaban J connectivity index is 2.20. The van der Waals surface area contributed by atoms with Gasteiger partial charge in [0.25, 0.3) is 5.91 Å². The summed E-state index contributed by atoms with van der Waals surface area (Å²) in [6.07, 6.45) is 6.19. The number of thioether (sulfide) groups is 1. The maximum atomic E-state index is 11.6. The fourth-order valence-corrected chi connectivity index (χ4v) is 1.73. The zero-order chi connectivity index (χ0) is 13.2. The molecule has 1 heterocycles. The molecule has 1 amide bonds. The number of hydrogen-bond donors (Lipinski definition) is 3. The first kappa shape index (κ1) is 14.7. The summed E-state index contributed by atoms with van der Waals surface area (Å²) in [7, 11) is 0. The fraction of sp³-hybridized carbons (Fsp3) is 0.364. The number of nitrogens with one attached hydrogen (secondary N) is 3. The third-order valence-corrected chi connectivity index (χ3v) is 2.97. The van der Waals surface area contributed by atoms with Crippen molar-refractivity contribution in [2.75, 3.05) is 18.6 Å². The number of rotatable bonds is 5. The van der Waals surface area contributed by atoms with Crippen LogP contribution < -0.4 is 16.2 Å². The molecule has 7 heteroatoms. The summed E-state index contributed by atoms with van der Waals surface area (Å²) in [6, 6.07) is 3.38. The van der Waals surface area contributed by atoms with Crippen molar-refractivity contribution < 1.29 is 4.79 Å². The van der Waals surface area contributed by atoms with E-state index in [-0.39, 0.29) is 5.91 Å². The van der Waals surface area contributed by atoms with Crippen LogP contribution in [0.5, 0.6) is 0 Å². The molecular weight excluding hydrogens is 268 g/mol. The topological polar surface area (TPSA) is 66.0 Å². The van der Waals surface area contributed by atoms with Gasteiger partial charge < -0.3 is 5.32 Å². The minimum atomic E-state index is -0.267. The summed E-state index contributed by atoms with van der Waals surface area (Å²) >= 11 is 6.80. The molecule has 0 aromatic carbocycles. The first-order chi connectivity index (χ1) is 8.74. The molecule has 1 aromatic rings. The van der Waals surface area contributed by atoms with Gasteiger partial charge in [-0.15, -0.1) is 0 Å². The number of hydrazine groups is 1. The molecule has 0 saturated heterocycles. The van der Waals surface area contributed by atoms with E-state index in [2.05, 4.69) is 27.4 Å². The van der Waals surface area contributed by atoms with Crippen molar-refractivity contribution >= 4 is 35.0 Å². The standard InChI is InChI=1S/C11H16N4OS2/c1-18-7-3-6-13-11(17)15-14-10(16)9-4-2-5-12-8-9/h2,4-5,8H,3,6-7H2,1H3,(H,14,16)(H2,13,15,17). The van der Waals surface area contributed by atoms with E-state index >= 15 is 0 Å². The van der Waals surface area contributed by atoms with Crippen LogP contribution in [0.3, 0.4) is 0 Å². The Morgan fingerprint density at radius 1 is 1.50 bits per heavy atom. The Bertz CT molecular complexity index is 386. The Kier molecular flexibility index (Phi) is 7.12. The smallest absolute Gasteiger partial charge is 0.271 e. The number of carbonyl (C=O) groups excluding carboxylic acids is 1. The van der Waals surface area contributed by atoms with Gasteiger partial charge >= 0.3 is 0 Å². The van der Waals surface area contributed by atoms with Crippen molar-refractivity contribution in [3.8, 4) is 0 Å². The maximum Gasteiger partial charge on any atom is 0.271 e. The van der Waals surface area contributed by atoms with E-state index in [0.29, 0.717) is 10.7 Å². The predicted octanol–water partition coefficient (Wildman–Crippen LogP) is 0.944.